The molecule has 4 nitrogen and oxygen atoms in total. The maximum atomic E-state index is 13.4. The summed E-state index contributed by atoms with van der Waals surface area (Å²) in [7, 11) is 0. The number of carbonyl (C=O) groups is 2. The molecule has 2 aromatic rings. The van der Waals surface area contributed by atoms with E-state index in [9.17, 15) is 14.0 Å². The van der Waals surface area contributed by atoms with E-state index in [1.165, 1.54) is 24.3 Å². The molecule has 2 N–H and O–H groups in total. The van der Waals surface area contributed by atoms with Crippen LogP contribution in [-0.4, -0.2) is 11.8 Å². The molecule has 2 amide bonds. The molecule has 0 atom stereocenters. The first kappa shape index (κ1) is 15.0. The molecule has 0 aliphatic carbocycles. The van der Waals surface area contributed by atoms with Gasteiger partial charge in [-0.1, -0.05) is 29.8 Å². The van der Waals surface area contributed by atoms with Crippen molar-refractivity contribution in [2.45, 2.75) is 6.92 Å². The maximum Gasteiger partial charge on any atom is 0.272 e. The van der Waals surface area contributed by atoms with Gasteiger partial charge in [-0.05, 0) is 36.8 Å². The minimum atomic E-state index is -0.736. The summed E-state index contributed by atoms with van der Waals surface area (Å²) in [5.41, 5.74) is 5.33. The van der Waals surface area contributed by atoms with Crippen molar-refractivity contribution in [3.63, 3.8) is 0 Å². The Balaban J connectivity index is 2.02. The molecular weight excluding hydrogens is 295 g/mol. The van der Waals surface area contributed by atoms with E-state index in [0.29, 0.717) is 10.6 Å². The summed E-state index contributed by atoms with van der Waals surface area (Å²) in [6.07, 6.45) is 0. The Kier molecular flexibility index (Phi) is 4.55. The second kappa shape index (κ2) is 6.37. The predicted molar refractivity (Wildman–Crippen MR) is 77.5 cm³/mol. The van der Waals surface area contributed by atoms with Crippen LogP contribution in [0.3, 0.4) is 0 Å². The van der Waals surface area contributed by atoms with E-state index >= 15 is 0 Å². The van der Waals surface area contributed by atoms with Crippen molar-refractivity contribution >= 4 is 23.4 Å². The van der Waals surface area contributed by atoms with E-state index in [1.807, 2.05) is 6.92 Å². The topological polar surface area (TPSA) is 58.2 Å². The number of aryl methyl sites for hydroxylation is 1. The molecule has 108 valence electrons. The van der Waals surface area contributed by atoms with Gasteiger partial charge < -0.3 is 0 Å². The fourth-order valence-electron chi connectivity index (χ4n) is 1.63. The number of hydrogen-bond donors (Lipinski definition) is 2. The Morgan fingerprint density at radius 3 is 2.38 bits per heavy atom. The molecule has 0 saturated heterocycles. The van der Waals surface area contributed by atoms with Gasteiger partial charge in [-0.25, -0.2) is 4.39 Å². The Morgan fingerprint density at radius 2 is 1.71 bits per heavy atom. The van der Waals surface area contributed by atoms with Crippen molar-refractivity contribution < 1.29 is 14.0 Å². The first-order valence-electron chi connectivity index (χ1n) is 6.10. The van der Waals surface area contributed by atoms with Crippen molar-refractivity contribution in [3.05, 3.63) is 70.0 Å². The number of hydrogen-bond acceptors (Lipinski definition) is 2. The SMILES string of the molecule is Cc1ccc(C(=O)NNC(=O)c2ccccc2F)cc1Cl. The highest BCUT2D eigenvalue weighted by molar-refractivity contribution is 6.31. The highest BCUT2D eigenvalue weighted by Crippen LogP contribution is 2.16. The lowest BCUT2D eigenvalue weighted by Gasteiger charge is -2.08. The van der Waals surface area contributed by atoms with Crippen LogP contribution < -0.4 is 10.9 Å². The van der Waals surface area contributed by atoms with E-state index in [0.717, 1.165) is 11.6 Å². The van der Waals surface area contributed by atoms with E-state index in [-0.39, 0.29) is 5.56 Å². The summed E-state index contributed by atoms with van der Waals surface area (Å²) >= 11 is 5.92. The third kappa shape index (κ3) is 3.58. The van der Waals surface area contributed by atoms with E-state index in [4.69, 9.17) is 11.6 Å². The van der Waals surface area contributed by atoms with Gasteiger partial charge in [-0.15, -0.1) is 0 Å². The lowest BCUT2D eigenvalue weighted by molar-refractivity contribution is 0.0844. The minimum absolute atomic E-state index is 0.153. The summed E-state index contributed by atoms with van der Waals surface area (Å²) in [6.45, 7) is 1.81. The van der Waals surface area contributed by atoms with E-state index < -0.39 is 17.6 Å². The number of rotatable bonds is 2. The van der Waals surface area contributed by atoms with Crippen molar-refractivity contribution in [1.82, 2.24) is 10.9 Å². The molecule has 0 aliphatic heterocycles. The van der Waals surface area contributed by atoms with Crippen LogP contribution >= 0.6 is 11.6 Å². The molecular formula is C15H12ClFN2O2. The zero-order chi connectivity index (χ0) is 15.4. The zero-order valence-corrected chi connectivity index (χ0v) is 11.9. The quantitative estimate of drug-likeness (QED) is 0.838. The van der Waals surface area contributed by atoms with Crippen molar-refractivity contribution in [3.8, 4) is 0 Å². The molecule has 0 fully saturated rings. The van der Waals surface area contributed by atoms with Crippen LogP contribution in [0.1, 0.15) is 26.3 Å². The molecule has 6 heteroatoms. The molecule has 0 heterocycles. The summed E-state index contributed by atoms with van der Waals surface area (Å²) in [6, 6.07) is 10.2. The summed E-state index contributed by atoms with van der Waals surface area (Å²) < 4.78 is 13.4. The van der Waals surface area contributed by atoms with Gasteiger partial charge in [0, 0.05) is 10.6 Å². The molecule has 0 spiro atoms. The standard InChI is InChI=1S/C15H12ClFN2O2/c1-9-6-7-10(8-12(9)16)14(20)18-19-15(21)11-4-2-3-5-13(11)17/h2-8H,1H3,(H,18,20)(H,19,21). The Bertz CT molecular complexity index is 704. The average Bonchev–Trinajstić information content (AvgIpc) is 2.47. The molecule has 0 radical (unpaired) electrons. The first-order chi connectivity index (χ1) is 9.99. The van der Waals surface area contributed by atoms with Crippen molar-refractivity contribution in [2.24, 2.45) is 0 Å². The first-order valence-corrected chi connectivity index (χ1v) is 6.48. The Morgan fingerprint density at radius 1 is 1.05 bits per heavy atom. The number of benzene rings is 2. The highest BCUT2D eigenvalue weighted by Gasteiger charge is 2.12. The molecule has 0 unspecified atom stereocenters. The molecule has 21 heavy (non-hydrogen) atoms. The third-order valence-corrected chi connectivity index (χ3v) is 3.25. The van der Waals surface area contributed by atoms with Crippen LogP contribution in [-0.2, 0) is 0 Å². The Hall–Kier alpha value is -2.40. The van der Waals surface area contributed by atoms with Crippen LogP contribution in [0.25, 0.3) is 0 Å². The molecule has 0 bridgehead atoms. The second-order valence-corrected chi connectivity index (χ2v) is 4.76. The lowest BCUT2D eigenvalue weighted by Crippen LogP contribution is -2.41. The highest BCUT2D eigenvalue weighted by atomic mass is 35.5. The van der Waals surface area contributed by atoms with Crippen molar-refractivity contribution in [1.29, 1.82) is 0 Å². The van der Waals surface area contributed by atoms with Gasteiger partial charge in [-0.3, -0.25) is 20.4 Å². The van der Waals surface area contributed by atoms with Gasteiger partial charge in [-0.2, -0.15) is 0 Å². The maximum absolute atomic E-state index is 13.4. The van der Waals surface area contributed by atoms with Crippen LogP contribution in [0.2, 0.25) is 5.02 Å². The molecule has 0 saturated carbocycles. The zero-order valence-electron chi connectivity index (χ0n) is 11.1. The van der Waals surface area contributed by atoms with Crippen LogP contribution in [0, 0.1) is 12.7 Å². The number of carbonyl (C=O) groups excluding carboxylic acids is 2. The lowest BCUT2D eigenvalue weighted by atomic mass is 10.1. The summed E-state index contributed by atoms with van der Waals surface area (Å²) in [5, 5.41) is 0.447. The predicted octanol–water partition coefficient (Wildman–Crippen LogP) is 2.86. The fraction of sp³-hybridized carbons (Fsp3) is 0.0667. The summed E-state index contributed by atoms with van der Waals surface area (Å²) in [4.78, 5) is 23.6. The molecule has 2 aromatic carbocycles. The largest absolute Gasteiger partial charge is 0.272 e. The fourth-order valence-corrected chi connectivity index (χ4v) is 1.81. The van der Waals surface area contributed by atoms with E-state index in [1.54, 1.807) is 12.1 Å². The van der Waals surface area contributed by atoms with Gasteiger partial charge >= 0.3 is 0 Å². The van der Waals surface area contributed by atoms with E-state index in [2.05, 4.69) is 10.9 Å². The third-order valence-electron chi connectivity index (χ3n) is 2.84. The minimum Gasteiger partial charge on any atom is -0.267 e. The average molecular weight is 307 g/mol. The number of amides is 2. The number of nitrogens with one attached hydrogen (secondary N) is 2. The van der Waals surface area contributed by atoms with Crippen molar-refractivity contribution in [2.75, 3.05) is 0 Å². The van der Waals surface area contributed by atoms with Crippen LogP contribution in [0.5, 0.6) is 0 Å². The molecule has 0 aromatic heterocycles. The normalized spacial score (nSPS) is 10.0. The second-order valence-electron chi connectivity index (χ2n) is 4.35. The smallest absolute Gasteiger partial charge is 0.267 e. The molecule has 0 aliphatic rings. The van der Waals surface area contributed by atoms with Gasteiger partial charge in [0.2, 0.25) is 0 Å². The number of halogens is 2. The van der Waals surface area contributed by atoms with Gasteiger partial charge in [0.15, 0.2) is 0 Å². The summed E-state index contributed by atoms with van der Waals surface area (Å²) in [5.74, 6) is -1.94. The number of hydrazine groups is 1. The van der Waals surface area contributed by atoms with Gasteiger partial charge in [0.1, 0.15) is 5.82 Å². The van der Waals surface area contributed by atoms with Gasteiger partial charge in [0.25, 0.3) is 11.8 Å². The Labute approximate surface area is 125 Å². The molecule has 2 rings (SSSR count). The van der Waals surface area contributed by atoms with Gasteiger partial charge in [0.05, 0.1) is 5.56 Å². The monoisotopic (exact) mass is 306 g/mol. The van der Waals surface area contributed by atoms with Crippen LogP contribution in [0.4, 0.5) is 4.39 Å². The van der Waals surface area contributed by atoms with Crippen LogP contribution in [0.15, 0.2) is 42.5 Å².